The van der Waals surface area contributed by atoms with Crippen molar-refractivity contribution in [1.29, 1.82) is 0 Å². The van der Waals surface area contributed by atoms with Gasteiger partial charge in [0, 0.05) is 25.3 Å². The lowest BCUT2D eigenvalue weighted by Gasteiger charge is -2.08. The summed E-state index contributed by atoms with van der Waals surface area (Å²) in [5.74, 6) is 0.626. The number of nitrogen functional groups attached to an aromatic ring is 1. The zero-order valence-electron chi connectivity index (χ0n) is 12.1. The van der Waals surface area contributed by atoms with E-state index < -0.39 is 0 Å². The summed E-state index contributed by atoms with van der Waals surface area (Å²) in [6, 6.07) is 5.45. The van der Waals surface area contributed by atoms with Gasteiger partial charge in [0.25, 0.3) is 0 Å². The lowest BCUT2D eigenvalue weighted by atomic mass is 10.2. The van der Waals surface area contributed by atoms with E-state index in [0.717, 1.165) is 31.4 Å². The predicted octanol–water partition coefficient (Wildman–Crippen LogP) is 2.78. The minimum Gasteiger partial charge on any atom is -0.398 e. The maximum absolute atomic E-state index is 6.22. The normalized spacial score (nSPS) is 11.0. The molecule has 2 aromatic rings. The third kappa shape index (κ3) is 4.15. The van der Waals surface area contributed by atoms with E-state index in [1.54, 1.807) is 10.7 Å². The maximum atomic E-state index is 6.22. The van der Waals surface area contributed by atoms with Crippen LogP contribution in [0.2, 0.25) is 5.02 Å². The first-order valence-electron chi connectivity index (χ1n) is 7.12. The summed E-state index contributed by atoms with van der Waals surface area (Å²) in [5, 5.41) is 12.2. The highest BCUT2D eigenvalue weighted by atomic mass is 35.5. The standard InChI is InChI=1S/C14H20ClN5O/c1-2-3-9-21-10-5-8-20-14(17-18-19-20)11-6-4-7-12(16)13(11)15/h4,6-7H,2-3,5,8-10,16H2,1H3. The monoisotopic (exact) mass is 309 g/mol. The van der Waals surface area contributed by atoms with Crippen LogP contribution in [-0.4, -0.2) is 33.4 Å². The quantitative estimate of drug-likeness (QED) is 0.599. The Morgan fingerprint density at radius 1 is 1.29 bits per heavy atom. The molecule has 0 radical (unpaired) electrons. The van der Waals surface area contributed by atoms with Crippen LogP contribution in [0, 0.1) is 0 Å². The van der Waals surface area contributed by atoms with Crippen LogP contribution in [-0.2, 0) is 11.3 Å². The van der Waals surface area contributed by atoms with Crippen LogP contribution in [0.5, 0.6) is 0 Å². The molecule has 0 unspecified atom stereocenters. The van der Waals surface area contributed by atoms with E-state index in [-0.39, 0.29) is 0 Å². The van der Waals surface area contributed by atoms with Gasteiger partial charge in [-0.05, 0) is 35.4 Å². The summed E-state index contributed by atoms with van der Waals surface area (Å²) in [6.45, 7) is 4.33. The average Bonchev–Trinajstić information content (AvgIpc) is 2.94. The minimum absolute atomic E-state index is 0.479. The lowest BCUT2D eigenvalue weighted by Crippen LogP contribution is -2.07. The van der Waals surface area contributed by atoms with Gasteiger partial charge >= 0.3 is 0 Å². The lowest BCUT2D eigenvalue weighted by molar-refractivity contribution is 0.125. The number of rotatable bonds is 8. The van der Waals surface area contributed by atoms with E-state index in [2.05, 4.69) is 22.4 Å². The molecule has 7 heteroatoms. The molecule has 0 aliphatic carbocycles. The van der Waals surface area contributed by atoms with Gasteiger partial charge < -0.3 is 10.5 Å². The van der Waals surface area contributed by atoms with E-state index in [1.165, 1.54) is 0 Å². The molecule has 2 rings (SSSR count). The van der Waals surface area contributed by atoms with Crippen molar-refractivity contribution >= 4 is 17.3 Å². The predicted molar refractivity (Wildman–Crippen MR) is 83.0 cm³/mol. The zero-order chi connectivity index (χ0) is 15.1. The van der Waals surface area contributed by atoms with Crippen LogP contribution < -0.4 is 5.73 Å². The Hall–Kier alpha value is -1.66. The van der Waals surface area contributed by atoms with Gasteiger partial charge in [-0.1, -0.05) is 31.0 Å². The number of anilines is 1. The van der Waals surface area contributed by atoms with Crippen LogP contribution in [0.15, 0.2) is 18.2 Å². The first-order chi connectivity index (χ1) is 10.2. The molecule has 1 aromatic carbocycles. The largest absolute Gasteiger partial charge is 0.398 e. The smallest absolute Gasteiger partial charge is 0.183 e. The summed E-state index contributed by atoms with van der Waals surface area (Å²) in [6.07, 6.45) is 3.09. The van der Waals surface area contributed by atoms with Crippen LogP contribution in [0.25, 0.3) is 11.4 Å². The number of halogens is 1. The third-order valence-electron chi connectivity index (χ3n) is 3.10. The summed E-state index contributed by atoms with van der Waals surface area (Å²) >= 11 is 6.22. The minimum atomic E-state index is 0.479. The van der Waals surface area contributed by atoms with Gasteiger partial charge in [-0.3, -0.25) is 0 Å². The Labute approximate surface area is 129 Å². The molecule has 114 valence electrons. The average molecular weight is 310 g/mol. The van der Waals surface area contributed by atoms with Gasteiger partial charge in [0.15, 0.2) is 5.82 Å². The van der Waals surface area contributed by atoms with Crippen LogP contribution in [0.1, 0.15) is 26.2 Å². The number of hydrogen-bond acceptors (Lipinski definition) is 5. The Kier molecular flexibility index (Phi) is 5.95. The molecule has 0 saturated heterocycles. The highest BCUT2D eigenvalue weighted by molar-refractivity contribution is 6.35. The molecular formula is C14H20ClN5O. The van der Waals surface area contributed by atoms with Crippen LogP contribution >= 0.6 is 11.6 Å². The number of aryl methyl sites for hydroxylation is 1. The number of hydrogen-bond donors (Lipinski definition) is 1. The number of nitrogens with two attached hydrogens (primary N) is 1. The molecule has 0 fully saturated rings. The Balaban J connectivity index is 1.97. The fourth-order valence-corrected chi connectivity index (χ4v) is 2.15. The van der Waals surface area contributed by atoms with Crippen molar-refractivity contribution in [2.45, 2.75) is 32.7 Å². The summed E-state index contributed by atoms with van der Waals surface area (Å²) in [7, 11) is 0. The van der Waals surface area contributed by atoms with E-state index in [9.17, 15) is 0 Å². The molecule has 0 bridgehead atoms. The number of unbranched alkanes of at least 4 members (excludes halogenated alkanes) is 1. The van der Waals surface area contributed by atoms with Crippen LogP contribution in [0.3, 0.4) is 0 Å². The summed E-state index contributed by atoms with van der Waals surface area (Å²) < 4.78 is 7.26. The Morgan fingerprint density at radius 2 is 2.10 bits per heavy atom. The molecule has 0 saturated carbocycles. The molecule has 1 heterocycles. The number of nitrogens with zero attached hydrogens (tertiary/aromatic N) is 4. The molecule has 2 N–H and O–H groups in total. The van der Waals surface area contributed by atoms with E-state index >= 15 is 0 Å². The second kappa shape index (κ2) is 7.95. The first-order valence-corrected chi connectivity index (χ1v) is 7.50. The molecule has 0 aliphatic rings. The highest BCUT2D eigenvalue weighted by Gasteiger charge is 2.13. The van der Waals surface area contributed by atoms with Gasteiger partial charge in [-0.2, -0.15) is 0 Å². The Morgan fingerprint density at radius 3 is 2.90 bits per heavy atom. The fraction of sp³-hybridized carbons (Fsp3) is 0.500. The number of aromatic nitrogens is 4. The number of ether oxygens (including phenoxy) is 1. The van der Waals surface area contributed by atoms with Gasteiger partial charge in [0.1, 0.15) is 0 Å². The SMILES string of the molecule is CCCCOCCCn1nnnc1-c1cccc(N)c1Cl. The molecular weight excluding hydrogens is 290 g/mol. The molecule has 0 atom stereocenters. The van der Waals surface area contributed by atoms with Gasteiger partial charge in [0.2, 0.25) is 0 Å². The molecule has 0 amide bonds. The zero-order valence-corrected chi connectivity index (χ0v) is 12.9. The van der Waals surface area contributed by atoms with Crippen molar-refractivity contribution in [1.82, 2.24) is 20.2 Å². The Bertz CT molecular complexity index is 572. The van der Waals surface area contributed by atoms with Crippen molar-refractivity contribution in [3.05, 3.63) is 23.2 Å². The van der Waals surface area contributed by atoms with Gasteiger partial charge in [-0.25, -0.2) is 4.68 Å². The second-order valence-electron chi connectivity index (χ2n) is 4.75. The summed E-state index contributed by atoms with van der Waals surface area (Å²) in [5.41, 5.74) is 7.08. The number of tetrazole rings is 1. The van der Waals surface area contributed by atoms with E-state index in [4.69, 9.17) is 22.1 Å². The second-order valence-corrected chi connectivity index (χ2v) is 5.13. The molecule has 6 nitrogen and oxygen atoms in total. The topological polar surface area (TPSA) is 78.8 Å². The van der Waals surface area contributed by atoms with Crippen molar-refractivity contribution in [3.8, 4) is 11.4 Å². The fourth-order valence-electron chi connectivity index (χ4n) is 1.94. The molecule has 0 aliphatic heterocycles. The highest BCUT2D eigenvalue weighted by Crippen LogP contribution is 2.30. The van der Waals surface area contributed by atoms with E-state index in [1.807, 2.05) is 12.1 Å². The van der Waals surface area contributed by atoms with Crippen molar-refractivity contribution < 1.29 is 4.74 Å². The first kappa shape index (κ1) is 15.7. The van der Waals surface area contributed by atoms with Crippen molar-refractivity contribution in [3.63, 3.8) is 0 Å². The molecule has 21 heavy (non-hydrogen) atoms. The van der Waals surface area contributed by atoms with Gasteiger partial charge in [0.05, 0.1) is 10.7 Å². The maximum Gasteiger partial charge on any atom is 0.183 e. The summed E-state index contributed by atoms with van der Waals surface area (Å²) in [4.78, 5) is 0. The van der Waals surface area contributed by atoms with Gasteiger partial charge in [-0.15, -0.1) is 5.10 Å². The molecule has 1 aromatic heterocycles. The van der Waals surface area contributed by atoms with Crippen molar-refractivity contribution in [2.24, 2.45) is 0 Å². The third-order valence-corrected chi connectivity index (χ3v) is 3.52. The van der Waals surface area contributed by atoms with Crippen LogP contribution in [0.4, 0.5) is 5.69 Å². The molecule has 0 spiro atoms. The van der Waals surface area contributed by atoms with E-state index in [0.29, 0.717) is 29.7 Å². The number of benzene rings is 1. The van der Waals surface area contributed by atoms with Crippen molar-refractivity contribution in [2.75, 3.05) is 18.9 Å².